The van der Waals surface area contributed by atoms with Crippen molar-refractivity contribution in [2.75, 3.05) is 11.1 Å². The van der Waals surface area contributed by atoms with Crippen LogP contribution in [0.1, 0.15) is 28.7 Å². The van der Waals surface area contributed by atoms with E-state index >= 15 is 0 Å². The van der Waals surface area contributed by atoms with E-state index in [1.165, 1.54) is 30.0 Å². The molecule has 34 heavy (non-hydrogen) atoms. The maximum atomic E-state index is 13.2. The Morgan fingerprint density at radius 2 is 1.56 bits per heavy atom. The minimum absolute atomic E-state index is 0.0761. The number of nitrogens with one attached hydrogen (secondary N) is 1. The van der Waals surface area contributed by atoms with Gasteiger partial charge in [-0.15, -0.1) is 11.8 Å². The molecular weight excluding hydrogens is 459 g/mol. The lowest BCUT2D eigenvalue weighted by molar-refractivity contribution is -0.137. The summed E-state index contributed by atoms with van der Waals surface area (Å²) >= 11 is 1.20. The van der Waals surface area contributed by atoms with Crippen LogP contribution in [-0.4, -0.2) is 22.4 Å². The number of thioether (sulfide) groups is 1. The fraction of sp³-hybridized carbons (Fsp3) is 0.192. The van der Waals surface area contributed by atoms with Crippen LogP contribution >= 0.6 is 11.8 Å². The topological polar surface area (TPSA) is 53.8 Å². The number of benzene rings is 3. The molecule has 4 rings (SSSR count). The Balaban J connectivity index is 1.57. The minimum Gasteiger partial charge on any atom is -0.325 e. The van der Waals surface area contributed by atoms with Crippen molar-refractivity contribution < 1.29 is 18.0 Å². The van der Waals surface area contributed by atoms with Crippen molar-refractivity contribution >= 4 is 45.5 Å². The molecule has 4 nitrogen and oxygen atoms in total. The zero-order chi connectivity index (χ0) is 24.3. The first kappa shape index (κ1) is 23.8. The highest BCUT2D eigenvalue weighted by Gasteiger charge is 2.33. The molecule has 0 saturated heterocycles. The summed E-state index contributed by atoms with van der Waals surface area (Å²) < 4.78 is 39.7. The number of alkyl halides is 3. The van der Waals surface area contributed by atoms with Crippen LogP contribution in [0.3, 0.4) is 0 Å². The molecule has 0 spiro atoms. The number of hydrogen-bond donors (Lipinski definition) is 1. The average Bonchev–Trinajstić information content (AvgIpc) is 2.97. The first-order valence-corrected chi connectivity index (χ1v) is 11.6. The molecule has 1 N–H and O–H groups in total. The molecule has 1 amide bonds. The number of nitrogens with zero attached hydrogens (tertiary/aromatic N) is 2. The van der Waals surface area contributed by atoms with Crippen LogP contribution in [0.5, 0.6) is 0 Å². The summed E-state index contributed by atoms with van der Waals surface area (Å²) in [7, 11) is 0. The highest BCUT2D eigenvalue weighted by atomic mass is 32.2. The molecule has 0 unspecified atom stereocenters. The van der Waals surface area contributed by atoms with Crippen LogP contribution in [0.2, 0.25) is 0 Å². The van der Waals surface area contributed by atoms with Gasteiger partial charge in [-0.1, -0.05) is 42.5 Å². The van der Waals surface area contributed by atoms with Gasteiger partial charge in [0.25, 0.3) is 0 Å². The fourth-order valence-corrected chi connectivity index (χ4v) is 4.29. The van der Waals surface area contributed by atoms with Gasteiger partial charge in [-0.3, -0.25) is 9.79 Å². The molecular formula is C26H22F3N3OS. The number of fused-ring (bicyclic) bond motifs is 1. The van der Waals surface area contributed by atoms with Gasteiger partial charge in [0.15, 0.2) is 0 Å². The maximum Gasteiger partial charge on any atom is 0.418 e. The normalized spacial score (nSPS) is 13.4. The maximum absolute atomic E-state index is 13.2. The standard InChI is InChI=1S/C26H22F3N3OS/c1-16-12-22-23(13-17(16)2)32-25(14-21(30-22)18-8-4-3-5-9-18)34-15-24(33)31-20-11-7-6-10-19(20)26(27,28)29/h3-13H,14-15H2,1-2H3,(H,31,33). The van der Waals surface area contributed by atoms with Crippen molar-refractivity contribution in [1.29, 1.82) is 0 Å². The van der Waals surface area contributed by atoms with Crippen LogP contribution in [0, 0.1) is 13.8 Å². The highest BCUT2D eigenvalue weighted by molar-refractivity contribution is 8.14. The summed E-state index contributed by atoms with van der Waals surface area (Å²) in [5.74, 6) is -0.611. The monoisotopic (exact) mass is 481 g/mol. The lowest BCUT2D eigenvalue weighted by Gasteiger charge is -2.13. The predicted molar refractivity (Wildman–Crippen MR) is 133 cm³/mol. The molecule has 8 heteroatoms. The van der Waals surface area contributed by atoms with Crippen LogP contribution < -0.4 is 5.32 Å². The van der Waals surface area contributed by atoms with Gasteiger partial charge >= 0.3 is 6.18 Å². The van der Waals surface area contributed by atoms with Crippen molar-refractivity contribution in [3.05, 3.63) is 89.0 Å². The Kier molecular flexibility index (Phi) is 6.88. The molecule has 1 aliphatic rings. The second-order valence-electron chi connectivity index (χ2n) is 7.91. The highest BCUT2D eigenvalue weighted by Crippen LogP contribution is 2.37. The Morgan fingerprint density at radius 3 is 2.24 bits per heavy atom. The summed E-state index contributed by atoms with van der Waals surface area (Å²) in [5.41, 5.74) is 4.27. The molecule has 0 fully saturated rings. The fourth-order valence-electron chi connectivity index (χ4n) is 3.52. The van der Waals surface area contributed by atoms with Gasteiger partial charge in [0.05, 0.1) is 39.1 Å². The number of amides is 1. The largest absolute Gasteiger partial charge is 0.418 e. The molecule has 0 atom stereocenters. The molecule has 0 aliphatic carbocycles. The molecule has 3 aromatic rings. The summed E-state index contributed by atoms with van der Waals surface area (Å²) in [4.78, 5) is 22.1. The van der Waals surface area contributed by atoms with E-state index < -0.39 is 17.6 Å². The van der Waals surface area contributed by atoms with Crippen molar-refractivity contribution in [3.63, 3.8) is 0 Å². The molecule has 3 aromatic carbocycles. The van der Waals surface area contributed by atoms with E-state index in [0.717, 1.165) is 34.2 Å². The molecule has 0 saturated carbocycles. The summed E-state index contributed by atoms with van der Waals surface area (Å²) in [6.07, 6.45) is -4.14. The number of rotatable bonds is 4. The van der Waals surface area contributed by atoms with Gasteiger partial charge in [0.1, 0.15) is 0 Å². The first-order valence-electron chi connectivity index (χ1n) is 10.6. The van der Waals surface area contributed by atoms with E-state index in [1.807, 2.05) is 56.3 Å². The van der Waals surface area contributed by atoms with Gasteiger partial charge in [-0.05, 0) is 54.8 Å². The van der Waals surface area contributed by atoms with Crippen molar-refractivity contribution in [2.45, 2.75) is 26.4 Å². The second-order valence-corrected chi connectivity index (χ2v) is 8.96. The molecule has 174 valence electrons. The number of aryl methyl sites for hydroxylation is 2. The third kappa shape index (κ3) is 5.56. The number of aliphatic imine (C=N–C) groups is 2. The quantitative estimate of drug-likeness (QED) is 0.427. The van der Waals surface area contributed by atoms with E-state index in [2.05, 4.69) is 5.32 Å². The van der Waals surface area contributed by atoms with E-state index in [1.54, 1.807) is 0 Å². The summed E-state index contributed by atoms with van der Waals surface area (Å²) in [5, 5.41) is 3.06. The summed E-state index contributed by atoms with van der Waals surface area (Å²) in [6.45, 7) is 4.01. The lowest BCUT2D eigenvalue weighted by atomic mass is 10.1. The smallest absolute Gasteiger partial charge is 0.325 e. The van der Waals surface area contributed by atoms with Crippen molar-refractivity contribution in [2.24, 2.45) is 9.98 Å². The summed E-state index contributed by atoms with van der Waals surface area (Å²) in [6, 6.07) is 18.6. The average molecular weight is 482 g/mol. The first-order chi connectivity index (χ1) is 16.2. The molecule has 0 bridgehead atoms. The number of anilines is 1. The number of para-hydroxylation sites is 1. The third-order valence-corrected chi connectivity index (χ3v) is 6.37. The number of carbonyl (C=O) groups excluding carboxylic acids is 1. The Morgan fingerprint density at radius 1 is 0.941 bits per heavy atom. The predicted octanol–water partition coefficient (Wildman–Crippen LogP) is 7.25. The van der Waals surface area contributed by atoms with Gasteiger partial charge in [-0.25, -0.2) is 4.99 Å². The SMILES string of the molecule is Cc1cc2c(cc1C)N=C(c1ccccc1)CC(SCC(=O)Nc1ccccc1C(F)(F)F)=N2. The van der Waals surface area contributed by atoms with Gasteiger partial charge in [-0.2, -0.15) is 13.2 Å². The van der Waals surface area contributed by atoms with Gasteiger partial charge in [0.2, 0.25) is 5.91 Å². The van der Waals surface area contributed by atoms with Crippen LogP contribution in [0.4, 0.5) is 30.2 Å². The van der Waals surface area contributed by atoms with E-state index in [-0.39, 0.29) is 11.4 Å². The van der Waals surface area contributed by atoms with Crippen molar-refractivity contribution in [1.82, 2.24) is 0 Å². The van der Waals surface area contributed by atoms with Crippen molar-refractivity contribution in [3.8, 4) is 0 Å². The number of hydrogen-bond acceptors (Lipinski definition) is 4. The Bertz CT molecular complexity index is 1280. The number of carbonyl (C=O) groups is 1. The van der Waals surface area contributed by atoms with Crippen LogP contribution in [0.25, 0.3) is 0 Å². The molecule has 1 aliphatic heterocycles. The van der Waals surface area contributed by atoms with Crippen LogP contribution in [0.15, 0.2) is 76.7 Å². The number of halogens is 3. The zero-order valence-electron chi connectivity index (χ0n) is 18.6. The van der Waals surface area contributed by atoms with Gasteiger partial charge in [0, 0.05) is 6.42 Å². The zero-order valence-corrected chi connectivity index (χ0v) is 19.4. The van der Waals surface area contributed by atoms with Crippen LogP contribution in [-0.2, 0) is 11.0 Å². The Labute approximate surface area is 200 Å². The Hall–Kier alpha value is -3.39. The lowest BCUT2D eigenvalue weighted by Crippen LogP contribution is -2.19. The van der Waals surface area contributed by atoms with Gasteiger partial charge < -0.3 is 5.32 Å². The van der Waals surface area contributed by atoms with E-state index in [4.69, 9.17) is 9.98 Å². The molecule has 0 radical (unpaired) electrons. The second kappa shape index (κ2) is 9.85. The molecule has 1 heterocycles. The molecule has 0 aromatic heterocycles. The van der Waals surface area contributed by atoms with E-state index in [9.17, 15) is 18.0 Å². The van der Waals surface area contributed by atoms with E-state index in [0.29, 0.717) is 17.2 Å². The minimum atomic E-state index is -4.55. The third-order valence-electron chi connectivity index (χ3n) is 5.39.